The summed E-state index contributed by atoms with van der Waals surface area (Å²) in [6.07, 6.45) is 5.55. The molecule has 2 aromatic carbocycles. The average molecular weight is 535 g/mol. The molecule has 0 spiro atoms. The van der Waals surface area contributed by atoms with Crippen LogP contribution in [-0.2, 0) is 7.05 Å². The van der Waals surface area contributed by atoms with Crippen LogP contribution in [0.25, 0.3) is 39.2 Å². The Morgan fingerprint density at radius 2 is 1.90 bits per heavy atom. The summed E-state index contributed by atoms with van der Waals surface area (Å²) in [6, 6.07) is 14.6. The summed E-state index contributed by atoms with van der Waals surface area (Å²) in [5.41, 5.74) is 9.26. The second-order valence-electron chi connectivity index (χ2n) is 9.28. The molecule has 0 aliphatic heterocycles. The van der Waals surface area contributed by atoms with Gasteiger partial charge in [0.1, 0.15) is 29.4 Å². The first-order valence-corrected chi connectivity index (χ1v) is 12.7. The molecule has 40 heavy (non-hydrogen) atoms. The third kappa shape index (κ3) is 4.34. The highest BCUT2D eigenvalue weighted by molar-refractivity contribution is 5.94. The molecule has 200 valence electrons. The van der Waals surface area contributed by atoms with Gasteiger partial charge in [-0.25, -0.2) is 15.0 Å². The van der Waals surface area contributed by atoms with E-state index in [1.54, 1.807) is 22.4 Å². The normalized spacial score (nSPS) is 12.1. The van der Waals surface area contributed by atoms with Crippen LogP contribution in [0.3, 0.4) is 0 Å². The van der Waals surface area contributed by atoms with Gasteiger partial charge in [-0.1, -0.05) is 42.4 Å². The molecule has 0 aliphatic carbocycles. The molecule has 0 radical (unpaired) electrons. The van der Waals surface area contributed by atoms with Gasteiger partial charge in [0.05, 0.1) is 28.8 Å². The number of nitrogen functional groups attached to an aromatic ring is 1. The van der Waals surface area contributed by atoms with Gasteiger partial charge in [-0.3, -0.25) is 14.0 Å². The van der Waals surface area contributed by atoms with Crippen molar-refractivity contribution in [1.29, 1.82) is 0 Å². The summed E-state index contributed by atoms with van der Waals surface area (Å²) in [7, 11) is 1.84. The monoisotopic (exact) mass is 534 g/mol. The Kier molecular flexibility index (Phi) is 6.27. The summed E-state index contributed by atoms with van der Waals surface area (Å²) in [5, 5.41) is 12.1. The third-order valence-corrected chi connectivity index (χ3v) is 6.60. The maximum atomic E-state index is 14.4. The van der Waals surface area contributed by atoms with Gasteiger partial charge in [0.2, 0.25) is 0 Å². The molecular weight excluding hydrogens is 508 g/mol. The lowest BCUT2D eigenvalue weighted by atomic mass is 10.0. The Balaban J connectivity index is 1.56. The van der Waals surface area contributed by atoms with Crippen LogP contribution in [0, 0.1) is 6.92 Å². The molecule has 1 unspecified atom stereocenters. The van der Waals surface area contributed by atoms with Crippen molar-refractivity contribution in [1.82, 2.24) is 39.4 Å². The van der Waals surface area contributed by atoms with E-state index in [0.29, 0.717) is 46.0 Å². The molecule has 0 bridgehead atoms. The van der Waals surface area contributed by atoms with E-state index >= 15 is 0 Å². The fourth-order valence-electron chi connectivity index (χ4n) is 4.74. The first kappa shape index (κ1) is 24.9. The second-order valence-corrected chi connectivity index (χ2v) is 9.28. The standard InChI is InChI=1S/C28H26N10O2/c1-4-20(34-25-23(24(29)30-15-31-25)27-33-16(2)36-40-27)26-35-21-12-8-11-19(17-13-32-37(3)14-17)22(21)28(39)38(26)18-9-6-5-7-10-18/h5-15,20H,4H2,1-3H3,(H3,29,30,31,34). The van der Waals surface area contributed by atoms with Crippen LogP contribution >= 0.6 is 0 Å². The van der Waals surface area contributed by atoms with Crippen molar-refractivity contribution in [3.05, 3.63) is 89.3 Å². The highest BCUT2D eigenvalue weighted by atomic mass is 16.5. The molecule has 0 saturated carbocycles. The number of anilines is 2. The summed E-state index contributed by atoms with van der Waals surface area (Å²) in [5.74, 6) is 1.74. The molecule has 3 N–H and O–H groups in total. The number of nitrogens with zero attached hydrogens (tertiary/aromatic N) is 8. The van der Waals surface area contributed by atoms with Crippen LogP contribution in [0.2, 0.25) is 0 Å². The summed E-state index contributed by atoms with van der Waals surface area (Å²) >= 11 is 0. The van der Waals surface area contributed by atoms with E-state index < -0.39 is 6.04 Å². The van der Waals surface area contributed by atoms with Gasteiger partial charge in [0.15, 0.2) is 5.82 Å². The van der Waals surface area contributed by atoms with E-state index in [4.69, 9.17) is 15.2 Å². The molecule has 4 aromatic heterocycles. The second kappa shape index (κ2) is 10.1. The van der Waals surface area contributed by atoms with Crippen molar-refractivity contribution >= 4 is 22.5 Å². The Hall–Kier alpha value is -5.39. The molecular formula is C28H26N10O2. The number of aromatic nitrogens is 8. The minimum atomic E-state index is -0.448. The number of hydrogen-bond acceptors (Lipinski definition) is 10. The zero-order valence-corrected chi connectivity index (χ0v) is 22.1. The third-order valence-electron chi connectivity index (χ3n) is 6.60. The maximum Gasteiger partial charge on any atom is 0.266 e. The average Bonchev–Trinajstić information content (AvgIpc) is 3.59. The molecule has 6 rings (SSSR count). The largest absolute Gasteiger partial charge is 0.383 e. The molecule has 12 heteroatoms. The number of aryl methyl sites for hydroxylation is 2. The summed E-state index contributed by atoms with van der Waals surface area (Å²) < 4.78 is 8.73. The SMILES string of the molecule is CCC(Nc1ncnc(N)c1-c1nc(C)no1)c1nc2cccc(-c3cnn(C)c3)c2c(=O)n1-c1ccccc1. The lowest BCUT2D eigenvalue weighted by molar-refractivity contribution is 0.425. The quantitative estimate of drug-likeness (QED) is 0.306. The molecule has 12 nitrogen and oxygen atoms in total. The Morgan fingerprint density at radius 3 is 2.60 bits per heavy atom. The van der Waals surface area contributed by atoms with Gasteiger partial charge in [-0.2, -0.15) is 10.1 Å². The van der Waals surface area contributed by atoms with Crippen LogP contribution in [0.4, 0.5) is 11.6 Å². The summed E-state index contributed by atoms with van der Waals surface area (Å²) in [6.45, 7) is 3.71. The molecule has 0 fully saturated rings. The van der Waals surface area contributed by atoms with Crippen LogP contribution < -0.4 is 16.6 Å². The predicted molar refractivity (Wildman–Crippen MR) is 151 cm³/mol. The minimum Gasteiger partial charge on any atom is -0.383 e. The van der Waals surface area contributed by atoms with Gasteiger partial charge >= 0.3 is 0 Å². The minimum absolute atomic E-state index is 0.184. The molecule has 0 amide bonds. The van der Waals surface area contributed by atoms with E-state index in [0.717, 1.165) is 11.1 Å². The predicted octanol–water partition coefficient (Wildman–Crippen LogP) is 4.08. The van der Waals surface area contributed by atoms with E-state index in [1.165, 1.54) is 6.33 Å². The number of rotatable bonds is 7. The van der Waals surface area contributed by atoms with Crippen molar-refractivity contribution in [2.75, 3.05) is 11.1 Å². The van der Waals surface area contributed by atoms with Gasteiger partial charge in [0, 0.05) is 18.8 Å². The topological polar surface area (TPSA) is 155 Å². The molecule has 0 saturated heterocycles. The zero-order chi connectivity index (χ0) is 27.8. The Labute approximate surface area is 228 Å². The highest BCUT2D eigenvalue weighted by Gasteiger charge is 2.25. The van der Waals surface area contributed by atoms with Gasteiger partial charge in [0.25, 0.3) is 11.4 Å². The number of fused-ring (bicyclic) bond motifs is 1. The zero-order valence-electron chi connectivity index (χ0n) is 22.1. The first-order valence-electron chi connectivity index (χ1n) is 12.7. The molecule has 0 aliphatic rings. The highest BCUT2D eigenvalue weighted by Crippen LogP contribution is 2.33. The van der Waals surface area contributed by atoms with Gasteiger partial charge < -0.3 is 15.6 Å². The van der Waals surface area contributed by atoms with E-state index in [9.17, 15) is 4.79 Å². The van der Waals surface area contributed by atoms with Crippen molar-refractivity contribution in [2.24, 2.45) is 7.05 Å². The van der Waals surface area contributed by atoms with Crippen molar-refractivity contribution in [3.8, 4) is 28.3 Å². The number of hydrogen-bond donors (Lipinski definition) is 2. The van der Waals surface area contributed by atoms with E-state index in [2.05, 4.69) is 30.5 Å². The van der Waals surface area contributed by atoms with Crippen LogP contribution in [-0.4, -0.2) is 39.4 Å². The number of benzene rings is 2. The Morgan fingerprint density at radius 1 is 1.07 bits per heavy atom. The van der Waals surface area contributed by atoms with Crippen molar-refractivity contribution in [2.45, 2.75) is 26.3 Å². The first-order chi connectivity index (χ1) is 19.4. The lowest BCUT2D eigenvalue weighted by Gasteiger charge is -2.23. The van der Waals surface area contributed by atoms with Gasteiger partial charge in [-0.05, 0) is 37.1 Å². The number of para-hydroxylation sites is 1. The fourth-order valence-corrected chi connectivity index (χ4v) is 4.74. The summed E-state index contributed by atoms with van der Waals surface area (Å²) in [4.78, 5) is 32.3. The van der Waals surface area contributed by atoms with Crippen LogP contribution in [0.15, 0.2) is 76.6 Å². The van der Waals surface area contributed by atoms with Gasteiger partial charge in [-0.15, -0.1) is 0 Å². The van der Waals surface area contributed by atoms with Crippen molar-refractivity contribution in [3.63, 3.8) is 0 Å². The van der Waals surface area contributed by atoms with Crippen molar-refractivity contribution < 1.29 is 4.52 Å². The number of nitrogens with two attached hydrogens (primary N) is 1. The molecule has 4 heterocycles. The van der Waals surface area contributed by atoms with Crippen LogP contribution in [0.5, 0.6) is 0 Å². The Bertz CT molecular complexity index is 1890. The number of nitrogens with one attached hydrogen (secondary N) is 1. The van der Waals surface area contributed by atoms with E-state index in [1.807, 2.05) is 68.7 Å². The van der Waals surface area contributed by atoms with Crippen LogP contribution in [0.1, 0.15) is 31.0 Å². The van der Waals surface area contributed by atoms with E-state index in [-0.39, 0.29) is 17.3 Å². The fraction of sp³-hybridized carbons (Fsp3) is 0.179. The maximum absolute atomic E-state index is 14.4. The molecule has 6 aromatic rings. The smallest absolute Gasteiger partial charge is 0.266 e. The molecule has 1 atom stereocenters. The lowest BCUT2D eigenvalue weighted by Crippen LogP contribution is -2.28.